The second kappa shape index (κ2) is 6.73. The van der Waals surface area contributed by atoms with E-state index in [-0.39, 0.29) is 5.69 Å². The van der Waals surface area contributed by atoms with Crippen LogP contribution in [0.2, 0.25) is 0 Å². The standard InChI is InChI=1S/C15H16F2N4O3/c1-8-5-4-6-9(2)12(8)18-11(22)7-20-10(3)14(21(23)24)13(19-20)15(16)17/h4-6,15H,7H2,1-3H3,(H,18,22). The van der Waals surface area contributed by atoms with Gasteiger partial charge in [0.15, 0.2) is 0 Å². The Kier molecular flexibility index (Phi) is 4.91. The van der Waals surface area contributed by atoms with Gasteiger partial charge in [-0.05, 0) is 31.9 Å². The maximum absolute atomic E-state index is 12.9. The molecule has 2 aromatic rings. The molecule has 1 N–H and O–H groups in total. The molecule has 1 aromatic heterocycles. The van der Waals surface area contributed by atoms with Gasteiger partial charge in [-0.2, -0.15) is 5.10 Å². The van der Waals surface area contributed by atoms with Crippen LogP contribution in [0.3, 0.4) is 0 Å². The summed E-state index contributed by atoms with van der Waals surface area (Å²) in [6.07, 6.45) is -3.09. The molecule has 0 saturated heterocycles. The number of halogens is 2. The fraction of sp³-hybridized carbons (Fsp3) is 0.333. The van der Waals surface area contributed by atoms with Crippen LogP contribution in [0.5, 0.6) is 0 Å². The lowest BCUT2D eigenvalue weighted by atomic mass is 10.1. The molecule has 9 heteroatoms. The molecular weight excluding hydrogens is 322 g/mol. The summed E-state index contributed by atoms with van der Waals surface area (Å²) in [5, 5.41) is 17.2. The maximum atomic E-state index is 12.9. The van der Waals surface area contributed by atoms with Crippen LogP contribution in [0.15, 0.2) is 18.2 Å². The highest BCUT2D eigenvalue weighted by atomic mass is 19.3. The van der Waals surface area contributed by atoms with E-state index in [1.54, 1.807) is 0 Å². The first-order valence-corrected chi connectivity index (χ1v) is 7.08. The zero-order chi connectivity index (χ0) is 18.0. The second-order valence-electron chi connectivity index (χ2n) is 5.35. The summed E-state index contributed by atoms with van der Waals surface area (Å²) < 4.78 is 26.7. The topological polar surface area (TPSA) is 90.1 Å². The van der Waals surface area contributed by atoms with E-state index in [0.29, 0.717) is 5.69 Å². The SMILES string of the molecule is Cc1cccc(C)c1NC(=O)Cn1nc(C(F)F)c([N+](=O)[O-])c1C. The number of hydrogen-bond donors (Lipinski definition) is 1. The lowest BCUT2D eigenvalue weighted by molar-refractivity contribution is -0.386. The van der Waals surface area contributed by atoms with Crippen molar-refractivity contribution in [1.29, 1.82) is 0 Å². The molecule has 0 aliphatic rings. The van der Waals surface area contributed by atoms with Crippen LogP contribution in [0.4, 0.5) is 20.2 Å². The van der Waals surface area contributed by atoms with Gasteiger partial charge < -0.3 is 5.32 Å². The summed E-state index contributed by atoms with van der Waals surface area (Å²) in [6, 6.07) is 5.49. The van der Waals surface area contributed by atoms with Crippen molar-refractivity contribution in [2.24, 2.45) is 0 Å². The number of nitrogens with one attached hydrogen (secondary N) is 1. The number of hydrogen-bond acceptors (Lipinski definition) is 4. The normalized spacial score (nSPS) is 10.9. The van der Waals surface area contributed by atoms with E-state index in [1.807, 2.05) is 32.0 Å². The molecule has 0 saturated carbocycles. The van der Waals surface area contributed by atoms with Crippen molar-refractivity contribution in [2.75, 3.05) is 5.32 Å². The quantitative estimate of drug-likeness (QED) is 0.669. The van der Waals surface area contributed by atoms with Crippen LogP contribution in [0.1, 0.15) is 28.9 Å². The molecule has 128 valence electrons. The number of carbonyl (C=O) groups excluding carboxylic acids is 1. The average molecular weight is 338 g/mol. The Bertz CT molecular complexity index is 782. The van der Waals surface area contributed by atoms with Crippen molar-refractivity contribution in [3.63, 3.8) is 0 Å². The van der Waals surface area contributed by atoms with Gasteiger partial charge in [-0.1, -0.05) is 18.2 Å². The highest BCUT2D eigenvalue weighted by molar-refractivity contribution is 5.92. The molecule has 24 heavy (non-hydrogen) atoms. The van der Waals surface area contributed by atoms with E-state index in [0.717, 1.165) is 15.8 Å². The van der Waals surface area contributed by atoms with E-state index < -0.39 is 35.2 Å². The monoisotopic (exact) mass is 338 g/mol. The van der Waals surface area contributed by atoms with Gasteiger partial charge in [0.2, 0.25) is 11.6 Å². The number of aromatic nitrogens is 2. The van der Waals surface area contributed by atoms with Crippen molar-refractivity contribution >= 4 is 17.3 Å². The summed E-state index contributed by atoms with van der Waals surface area (Å²) in [4.78, 5) is 22.2. The summed E-state index contributed by atoms with van der Waals surface area (Å²) in [5.74, 6) is -0.506. The molecule has 0 bridgehead atoms. The second-order valence-corrected chi connectivity index (χ2v) is 5.35. The Morgan fingerprint density at radius 3 is 2.38 bits per heavy atom. The highest BCUT2D eigenvalue weighted by Crippen LogP contribution is 2.30. The van der Waals surface area contributed by atoms with Crippen molar-refractivity contribution in [1.82, 2.24) is 9.78 Å². The largest absolute Gasteiger partial charge is 0.324 e. The van der Waals surface area contributed by atoms with Crippen LogP contribution in [0, 0.1) is 30.9 Å². The molecule has 0 spiro atoms. The number of anilines is 1. The van der Waals surface area contributed by atoms with E-state index in [1.165, 1.54) is 6.92 Å². The van der Waals surface area contributed by atoms with Crippen LogP contribution >= 0.6 is 0 Å². The van der Waals surface area contributed by atoms with Gasteiger partial charge in [0.1, 0.15) is 12.2 Å². The minimum Gasteiger partial charge on any atom is -0.324 e. The number of nitrogens with zero attached hydrogens (tertiary/aromatic N) is 3. The molecule has 1 amide bonds. The third-order valence-corrected chi connectivity index (χ3v) is 3.63. The van der Waals surface area contributed by atoms with E-state index >= 15 is 0 Å². The van der Waals surface area contributed by atoms with Crippen LogP contribution in [-0.4, -0.2) is 20.6 Å². The molecule has 0 aliphatic carbocycles. The van der Waals surface area contributed by atoms with Gasteiger partial charge in [0, 0.05) is 5.69 Å². The zero-order valence-electron chi connectivity index (χ0n) is 13.3. The van der Waals surface area contributed by atoms with Crippen molar-refractivity contribution in [3.8, 4) is 0 Å². The molecular formula is C15H16F2N4O3. The van der Waals surface area contributed by atoms with Crippen molar-refractivity contribution in [2.45, 2.75) is 33.7 Å². The number of benzene rings is 1. The zero-order valence-corrected chi connectivity index (χ0v) is 13.3. The predicted octanol–water partition coefficient (Wildman–Crippen LogP) is 3.29. The number of para-hydroxylation sites is 1. The van der Waals surface area contributed by atoms with Gasteiger partial charge in [0.25, 0.3) is 6.43 Å². The molecule has 1 aromatic carbocycles. The van der Waals surface area contributed by atoms with Crippen LogP contribution < -0.4 is 5.32 Å². The highest BCUT2D eigenvalue weighted by Gasteiger charge is 2.31. The fourth-order valence-electron chi connectivity index (χ4n) is 2.41. The third-order valence-electron chi connectivity index (χ3n) is 3.63. The first-order chi connectivity index (χ1) is 11.2. The summed E-state index contributed by atoms with van der Waals surface area (Å²) in [6.45, 7) is 4.53. The lowest BCUT2D eigenvalue weighted by Gasteiger charge is -2.11. The summed E-state index contributed by atoms with van der Waals surface area (Å²) in [7, 11) is 0. The van der Waals surface area contributed by atoms with Gasteiger partial charge in [-0.25, -0.2) is 8.78 Å². The summed E-state index contributed by atoms with van der Waals surface area (Å²) >= 11 is 0. The molecule has 0 atom stereocenters. The first-order valence-electron chi connectivity index (χ1n) is 7.08. The third kappa shape index (κ3) is 3.39. The Morgan fingerprint density at radius 2 is 1.92 bits per heavy atom. The van der Waals surface area contributed by atoms with Gasteiger partial charge >= 0.3 is 5.69 Å². The number of alkyl halides is 2. The fourth-order valence-corrected chi connectivity index (χ4v) is 2.41. The molecule has 2 rings (SSSR count). The number of rotatable bonds is 5. The van der Waals surface area contributed by atoms with E-state index in [4.69, 9.17) is 0 Å². The van der Waals surface area contributed by atoms with Crippen molar-refractivity contribution in [3.05, 3.63) is 50.8 Å². The molecule has 7 nitrogen and oxygen atoms in total. The molecule has 1 heterocycles. The van der Waals surface area contributed by atoms with Gasteiger partial charge in [0.05, 0.1) is 4.92 Å². The molecule has 0 fully saturated rings. The number of carbonyl (C=O) groups is 1. The molecule has 0 unspecified atom stereocenters. The Hall–Kier alpha value is -2.84. The number of amides is 1. The Labute approximate surface area is 136 Å². The van der Waals surface area contributed by atoms with Gasteiger partial charge in [-0.3, -0.25) is 19.6 Å². The smallest absolute Gasteiger partial charge is 0.319 e. The van der Waals surface area contributed by atoms with Gasteiger partial charge in [-0.15, -0.1) is 0 Å². The average Bonchev–Trinajstić information content (AvgIpc) is 2.80. The lowest BCUT2D eigenvalue weighted by Crippen LogP contribution is -2.21. The Morgan fingerprint density at radius 1 is 1.33 bits per heavy atom. The Balaban J connectivity index is 2.27. The maximum Gasteiger partial charge on any atom is 0.319 e. The molecule has 0 radical (unpaired) electrons. The first kappa shape index (κ1) is 17.5. The predicted molar refractivity (Wildman–Crippen MR) is 83.1 cm³/mol. The van der Waals surface area contributed by atoms with Crippen molar-refractivity contribution < 1.29 is 18.5 Å². The van der Waals surface area contributed by atoms with Crippen LogP contribution in [-0.2, 0) is 11.3 Å². The number of aryl methyl sites for hydroxylation is 2. The van der Waals surface area contributed by atoms with E-state index in [9.17, 15) is 23.7 Å². The minimum atomic E-state index is -3.09. The molecule has 0 aliphatic heterocycles. The summed E-state index contributed by atoms with van der Waals surface area (Å²) in [5.41, 5.74) is 0.532. The minimum absolute atomic E-state index is 0.0908. The number of nitro groups is 1. The van der Waals surface area contributed by atoms with Crippen LogP contribution in [0.25, 0.3) is 0 Å². The van der Waals surface area contributed by atoms with E-state index in [2.05, 4.69) is 10.4 Å².